The first-order chi connectivity index (χ1) is 8.86. The molecule has 4 nitrogen and oxygen atoms in total. The topological polar surface area (TPSA) is 41.0 Å². The van der Waals surface area contributed by atoms with Gasteiger partial charge in [0.15, 0.2) is 0 Å². The lowest BCUT2D eigenvalue weighted by Crippen LogP contribution is -2.45. The first-order valence-electron chi connectivity index (χ1n) is 7.04. The zero-order chi connectivity index (χ0) is 12.3. The summed E-state index contributed by atoms with van der Waals surface area (Å²) >= 11 is 0. The predicted octanol–water partition coefficient (Wildman–Crippen LogP) is 1.44. The minimum Gasteiger partial charge on any atom is -0.317 e. The van der Waals surface area contributed by atoms with Gasteiger partial charge in [-0.05, 0) is 63.3 Å². The molecule has 2 saturated heterocycles. The Morgan fingerprint density at radius 1 is 1.17 bits per heavy atom. The lowest BCUT2D eigenvalue weighted by Gasteiger charge is -2.44. The third kappa shape index (κ3) is 2.70. The van der Waals surface area contributed by atoms with Crippen molar-refractivity contribution >= 4 is 0 Å². The minimum atomic E-state index is 0.646. The summed E-state index contributed by atoms with van der Waals surface area (Å²) in [5, 5.41) is 3.48. The normalized spacial score (nSPS) is 24.2. The van der Waals surface area contributed by atoms with Crippen LogP contribution in [0.1, 0.15) is 31.4 Å². The second-order valence-electron chi connectivity index (χ2n) is 5.73. The second kappa shape index (κ2) is 5.33. The molecule has 1 aromatic heterocycles. The van der Waals surface area contributed by atoms with E-state index in [-0.39, 0.29) is 0 Å². The van der Waals surface area contributed by atoms with Crippen LogP contribution < -0.4 is 5.32 Å². The fourth-order valence-corrected chi connectivity index (χ4v) is 3.28. The van der Waals surface area contributed by atoms with Crippen molar-refractivity contribution in [3.8, 4) is 0 Å². The molecule has 0 aliphatic carbocycles. The van der Waals surface area contributed by atoms with Gasteiger partial charge < -0.3 is 5.32 Å². The highest BCUT2D eigenvalue weighted by Crippen LogP contribution is 2.39. The van der Waals surface area contributed by atoms with Gasteiger partial charge in [0.05, 0.1) is 5.69 Å². The van der Waals surface area contributed by atoms with Gasteiger partial charge in [0, 0.05) is 12.7 Å². The molecule has 0 radical (unpaired) electrons. The molecule has 2 fully saturated rings. The number of likely N-dealkylation sites (tertiary alicyclic amines) is 1. The molecular formula is C14H22N4. The molecule has 0 aromatic carbocycles. The maximum Gasteiger partial charge on any atom is 0.115 e. The van der Waals surface area contributed by atoms with E-state index in [1.54, 1.807) is 6.33 Å². The zero-order valence-electron chi connectivity index (χ0n) is 10.9. The van der Waals surface area contributed by atoms with Crippen molar-refractivity contribution in [2.45, 2.75) is 32.2 Å². The van der Waals surface area contributed by atoms with Gasteiger partial charge in [-0.1, -0.05) is 0 Å². The third-order valence-electron chi connectivity index (χ3n) is 4.61. The van der Waals surface area contributed by atoms with Gasteiger partial charge in [-0.25, -0.2) is 9.97 Å². The molecule has 0 saturated carbocycles. The highest BCUT2D eigenvalue weighted by atomic mass is 15.1. The van der Waals surface area contributed by atoms with Crippen LogP contribution in [-0.4, -0.2) is 41.0 Å². The quantitative estimate of drug-likeness (QED) is 0.857. The van der Waals surface area contributed by atoms with E-state index in [4.69, 9.17) is 0 Å². The van der Waals surface area contributed by atoms with E-state index in [0.717, 1.165) is 12.2 Å². The summed E-state index contributed by atoms with van der Waals surface area (Å²) in [5.41, 5.74) is 1.79. The van der Waals surface area contributed by atoms with Crippen LogP contribution in [0.25, 0.3) is 0 Å². The molecule has 1 N–H and O–H groups in total. The highest BCUT2D eigenvalue weighted by Gasteiger charge is 2.35. The van der Waals surface area contributed by atoms with E-state index in [2.05, 4.69) is 20.2 Å². The lowest BCUT2D eigenvalue weighted by molar-refractivity contribution is 0.0694. The van der Waals surface area contributed by atoms with Crippen LogP contribution >= 0.6 is 0 Å². The Kier molecular flexibility index (Phi) is 3.57. The molecule has 0 bridgehead atoms. The third-order valence-corrected chi connectivity index (χ3v) is 4.61. The van der Waals surface area contributed by atoms with E-state index in [1.165, 1.54) is 51.9 Å². The van der Waals surface area contributed by atoms with Gasteiger partial charge in [-0.3, -0.25) is 4.90 Å². The zero-order valence-corrected chi connectivity index (χ0v) is 10.9. The summed E-state index contributed by atoms with van der Waals surface area (Å²) in [5.74, 6) is 0. The summed E-state index contributed by atoms with van der Waals surface area (Å²) in [6.45, 7) is 5.86. The van der Waals surface area contributed by atoms with Crippen molar-refractivity contribution in [3.63, 3.8) is 0 Å². The van der Waals surface area contributed by atoms with Crippen molar-refractivity contribution in [2.75, 3.05) is 26.2 Å². The molecule has 4 heteroatoms. The molecule has 3 rings (SSSR count). The molecule has 18 heavy (non-hydrogen) atoms. The van der Waals surface area contributed by atoms with Crippen LogP contribution in [0.4, 0.5) is 0 Å². The van der Waals surface area contributed by atoms with E-state index in [1.807, 2.05) is 12.3 Å². The molecule has 2 aliphatic heterocycles. The summed E-state index contributed by atoms with van der Waals surface area (Å²) in [4.78, 5) is 10.8. The average molecular weight is 246 g/mol. The predicted molar refractivity (Wildman–Crippen MR) is 71.1 cm³/mol. The number of piperidine rings is 2. The number of hydrogen-bond donors (Lipinski definition) is 1. The Morgan fingerprint density at radius 3 is 2.61 bits per heavy atom. The summed E-state index contributed by atoms with van der Waals surface area (Å²) < 4.78 is 0. The van der Waals surface area contributed by atoms with E-state index in [0.29, 0.717) is 5.41 Å². The van der Waals surface area contributed by atoms with Crippen LogP contribution in [-0.2, 0) is 6.54 Å². The van der Waals surface area contributed by atoms with Gasteiger partial charge in [0.1, 0.15) is 6.33 Å². The maximum absolute atomic E-state index is 4.31. The molecule has 0 unspecified atom stereocenters. The Morgan fingerprint density at radius 2 is 1.94 bits per heavy atom. The Hall–Kier alpha value is -1.00. The fraction of sp³-hybridized carbons (Fsp3) is 0.714. The number of nitrogens with one attached hydrogen (secondary N) is 1. The van der Waals surface area contributed by atoms with Crippen molar-refractivity contribution in [1.29, 1.82) is 0 Å². The SMILES string of the molecule is c1cc(CN2CCC3(CCNCC3)CC2)ncn1. The Bertz CT molecular complexity index is 363. The number of hydrogen-bond acceptors (Lipinski definition) is 4. The van der Waals surface area contributed by atoms with Crippen LogP contribution in [0.2, 0.25) is 0 Å². The van der Waals surface area contributed by atoms with Gasteiger partial charge in [-0.15, -0.1) is 0 Å². The van der Waals surface area contributed by atoms with Crippen LogP contribution in [0.5, 0.6) is 0 Å². The minimum absolute atomic E-state index is 0.646. The lowest BCUT2D eigenvalue weighted by atomic mass is 9.71. The van der Waals surface area contributed by atoms with Crippen molar-refractivity contribution in [3.05, 3.63) is 24.3 Å². The van der Waals surface area contributed by atoms with Crippen LogP contribution in [0.3, 0.4) is 0 Å². The Balaban J connectivity index is 1.54. The largest absolute Gasteiger partial charge is 0.317 e. The van der Waals surface area contributed by atoms with E-state index < -0.39 is 0 Å². The van der Waals surface area contributed by atoms with Crippen LogP contribution in [0, 0.1) is 5.41 Å². The van der Waals surface area contributed by atoms with Gasteiger partial charge >= 0.3 is 0 Å². The van der Waals surface area contributed by atoms with Crippen LogP contribution in [0.15, 0.2) is 18.6 Å². The van der Waals surface area contributed by atoms with E-state index in [9.17, 15) is 0 Å². The fourth-order valence-electron chi connectivity index (χ4n) is 3.28. The average Bonchev–Trinajstić information content (AvgIpc) is 2.44. The monoisotopic (exact) mass is 246 g/mol. The smallest absolute Gasteiger partial charge is 0.115 e. The molecule has 98 valence electrons. The molecule has 3 heterocycles. The summed E-state index contributed by atoms with van der Waals surface area (Å²) in [6, 6.07) is 2.02. The summed E-state index contributed by atoms with van der Waals surface area (Å²) in [7, 11) is 0. The van der Waals surface area contributed by atoms with Crippen molar-refractivity contribution in [1.82, 2.24) is 20.2 Å². The Labute approximate surface area is 109 Å². The van der Waals surface area contributed by atoms with E-state index >= 15 is 0 Å². The number of aromatic nitrogens is 2. The van der Waals surface area contributed by atoms with Crippen molar-refractivity contribution < 1.29 is 0 Å². The molecule has 0 amide bonds. The number of nitrogens with zero attached hydrogens (tertiary/aromatic N) is 3. The number of rotatable bonds is 2. The molecular weight excluding hydrogens is 224 g/mol. The standard InChI is InChI=1S/C14H22N4/c1-6-16-12-17-13(1)11-18-9-4-14(5-10-18)2-7-15-8-3-14/h1,6,12,15H,2-5,7-11H2. The molecule has 2 aliphatic rings. The maximum atomic E-state index is 4.31. The highest BCUT2D eigenvalue weighted by molar-refractivity contribution is 4.99. The molecule has 1 spiro atoms. The van der Waals surface area contributed by atoms with Gasteiger partial charge in [-0.2, -0.15) is 0 Å². The second-order valence-corrected chi connectivity index (χ2v) is 5.73. The first kappa shape index (κ1) is 12.1. The first-order valence-corrected chi connectivity index (χ1v) is 7.04. The molecule has 0 atom stereocenters. The van der Waals surface area contributed by atoms with Gasteiger partial charge in [0.25, 0.3) is 0 Å². The summed E-state index contributed by atoms with van der Waals surface area (Å²) in [6.07, 6.45) is 8.94. The molecule has 1 aromatic rings. The van der Waals surface area contributed by atoms with Crippen molar-refractivity contribution in [2.24, 2.45) is 5.41 Å². The van der Waals surface area contributed by atoms with Gasteiger partial charge in [0.2, 0.25) is 0 Å².